The molecule has 3 heteroatoms. The summed E-state index contributed by atoms with van der Waals surface area (Å²) < 4.78 is 0. The molecule has 1 aromatic heterocycles. The number of H-pyrrole nitrogens is 1. The average molecular weight is 247 g/mol. The number of nitrogens with zero attached hydrogens (tertiary/aromatic N) is 1. The highest BCUT2D eigenvalue weighted by molar-refractivity contribution is 5.17. The molecule has 1 heterocycles. The van der Waals surface area contributed by atoms with E-state index < -0.39 is 0 Å². The molecule has 100 valence electrons. The molecule has 0 saturated heterocycles. The van der Waals surface area contributed by atoms with Crippen LogP contribution >= 0.6 is 0 Å². The minimum Gasteiger partial charge on any atom is -0.309 e. The summed E-state index contributed by atoms with van der Waals surface area (Å²) in [5, 5.41) is 10.9. The summed E-state index contributed by atoms with van der Waals surface area (Å²) in [6.45, 7) is 10.4. The Hall–Kier alpha value is -0.830. The Morgan fingerprint density at radius 3 is 2.78 bits per heavy atom. The van der Waals surface area contributed by atoms with Crippen LogP contribution in [0.2, 0.25) is 0 Å². The maximum Gasteiger partial charge on any atom is 0.0535 e. The number of rotatable bonds is 3. The first-order valence-corrected chi connectivity index (χ1v) is 7.16. The summed E-state index contributed by atoms with van der Waals surface area (Å²) in [6.07, 6.45) is 6.17. The molecule has 2 bridgehead atoms. The fourth-order valence-electron chi connectivity index (χ4n) is 4.58. The molecule has 2 fully saturated rings. The largest absolute Gasteiger partial charge is 0.309 e. The average Bonchev–Trinajstić information content (AvgIpc) is 2.90. The van der Waals surface area contributed by atoms with Crippen molar-refractivity contribution in [1.29, 1.82) is 0 Å². The van der Waals surface area contributed by atoms with Crippen LogP contribution < -0.4 is 5.32 Å². The van der Waals surface area contributed by atoms with Gasteiger partial charge in [0.25, 0.3) is 0 Å². The summed E-state index contributed by atoms with van der Waals surface area (Å²) in [5.41, 5.74) is 3.43. The van der Waals surface area contributed by atoms with E-state index in [-0.39, 0.29) is 0 Å². The summed E-state index contributed by atoms with van der Waals surface area (Å²) >= 11 is 0. The second-order valence-electron chi connectivity index (χ2n) is 7.25. The van der Waals surface area contributed by atoms with Gasteiger partial charge in [0, 0.05) is 23.8 Å². The molecular weight excluding hydrogens is 222 g/mol. The number of aromatic amines is 1. The number of hydrogen-bond acceptors (Lipinski definition) is 2. The Morgan fingerprint density at radius 2 is 2.22 bits per heavy atom. The lowest BCUT2D eigenvalue weighted by atomic mass is 9.68. The van der Waals surface area contributed by atoms with Crippen LogP contribution in [0.4, 0.5) is 0 Å². The zero-order chi connectivity index (χ0) is 13.0. The van der Waals surface area contributed by atoms with Crippen LogP contribution in [0.5, 0.6) is 0 Å². The first-order chi connectivity index (χ1) is 8.43. The van der Waals surface area contributed by atoms with Gasteiger partial charge in [0.15, 0.2) is 0 Å². The van der Waals surface area contributed by atoms with Gasteiger partial charge in [0.2, 0.25) is 0 Å². The number of hydrogen-bond donors (Lipinski definition) is 2. The second-order valence-corrected chi connectivity index (χ2v) is 7.25. The van der Waals surface area contributed by atoms with Gasteiger partial charge in [0.1, 0.15) is 0 Å². The molecule has 1 aromatic rings. The quantitative estimate of drug-likeness (QED) is 0.862. The van der Waals surface area contributed by atoms with E-state index in [0.717, 1.165) is 12.5 Å². The minimum atomic E-state index is 0.435. The lowest BCUT2D eigenvalue weighted by Crippen LogP contribution is -2.49. The van der Waals surface area contributed by atoms with Crippen molar-refractivity contribution in [2.24, 2.45) is 16.7 Å². The molecule has 2 aliphatic rings. The molecule has 18 heavy (non-hydrogen) atoms. The van der Waals surface area contributed by atoms with Crippen LogP contribution in [0.15, 0.2) is 6.20 Å². The summed E-state index contributed by atoms with van der Waals surface area (Å²) in [6, 6.07) is 0.637. The molecule has 1 unspecified atom stereocenters. The fraction of sp³-hybridized carbons (Fsp3) is 0.800. The molecule has 3 rings (SSSR count). The van der Waals surface area contributed by atoms with Gasteiger partial charge in [-0.05, 0) is 42.9 Å². The second kappa shape index (κ2) is 3.83. The van der Waals surface area contributed by atoms with E-state index in [1.807, 2.05) is 6.20 Å². The molecule has 2 aliphatic carbocycles. The van der Waals surface area contributed by atoms with Crippen LogP contribution in [0.3, 0.4) is 0 Å². The van der Waals surface area contributed by atoms with Crippen LogP contribution in [0.25, 0.3) is 0 Å². The van der Waals surface area contributed by atoms with Crippen molar-refractivity contribution in [1.82, 2.24) is 15.5 Å². The summed E-state index contributed by atoms with van der Waals surface area (Å²) in [4.78, 5) is 0. The molecule has 0 spiro atoms. The van der Waals surface area contributed by atoms with Gasteiger partial charge in [-0.25, -0.2) is 0 Å². The predicted molar refractivity (Wildman–Crippen MR) is 73.2 cm³/mol. The van der Waals surface area contributed by atoms with Crippen LogP contribution in [0, 0.1) is 23.7 Å². The maximum absolute atomic E-state index is 4.10. The van der Waals surface area contributed by atoms with Gasteiger partial charge in [-0.3, -0.25) is 5.10 Å². The Morgan fingerprint density at radius 1 is 1.44 bits per heavy atom. The van der Waals surface area contributed by atoms with Crippen molar-refractivity contribution in [3.8, 4) is 0 Å². The Kier molecular flexibility index (Phi) is 2.60. The van der Waals surface area contributed by atoms with E-state index in [2.05, 4.69) is 43.2 Å². The molecule has 0 aliphatic heterocycles. The SMILES string of the molecule is Cc1[nH]ncc1CNC1C(C)(C)[C@H]2CC[C@]1(C)C2. The van der Waals surface area contributed by atoms with E-state index in [9.17, 15) is 0 Å². The van der Waals surface area contributed by atoms with Crippen molar-refractivity contribution in [3.63, 3.8) is 0 Å². The topological polar surface area (TPSA) is 40.7 Å². The normalized spacial score (nSPS) is 37.3. The van der Waals surface area contributed by atoms with Crippen molar-refractivity contribution in [2.75, 3.05) is 0 Å². The molecule has 3 nitrogen and oxygen atoms in total. The fourth-order valence-corrected chi connectivity index (χ4v) is 4.58. The maximum atomic E-state index is 4.10. The highest BCUT2D eigenvalue weighted by Gasteiger charge is 2.58. The predicted octanol–water partition coefficient (Wildman–Crippen LogP) is 3.02. The molecule has 2 N–H and O–H groups in total. The standard InChI is InChI=1S/C15H25N3/c1-10-11(9-17-18-10)8-16-13-14(2,3)12-5-6-15(13,4)7-12/h9,12-13,16H,5-8H2,1-4H3,(H,17,18)/t12-,13?,15+/m0/s1. The van der Waals surface area contributed by atoms with E-state index in [0.29, 0.717) is 16.9 Å². The van der Waals surface area contributed by atoms with Crippen LogP contribution in [-0.4, -0.2) is 16.2 Å². The number of fused-ring (bicyclic) bond motifs is 2. The molecular formula is C15H25N3. The molecule has 0 radical (unpaired) electrons. The molecule has 3 atom stereocenters. The lowest BCUT2D eigenvalue weighted by molar-refractivity contribution is 0.108. The molecule has 0 amide bonds. The van der Waals surface area contributed by atoms with E-state index in [1.54, 1.807) is 0 Å². The molecule has 2 saturated carbocycles. The van der Waals surface area contributed by atoms with Gasteiger partial charge in [-0.2, -0.15) is 5.10 Å². The zero-order valence-corrected chi connectivity index (χ0v) is 12.0. The summed E-state index contributed by atoms with van der Waals surface area (Å²) in [5.74, 6) is 0.908. The third-order valence-electron chi connectivity index (χ3n) is 5.70. The van der Waals surface area contributed by atoms with Crippen molar-refractivity contribution in [2.45, 2.75) is 59.5 Å². The Balaban J connectivity index is 1.74. The van der Waals surface area contributed by atoms with E-state index in [1.165, 1.54) is 30.5 Å². The minimum absolute atomic E-state index is 0.435. The van der Waals surface area contributed by atoms with Gasteiger partial charge in [-0.15, -0.1) is 0 Å². The highest BCUT2D eigenvalue weighted by atomic mass is 15.1. The van der Waals surface area contributed by atoms with Gasteiger partial charge in [0.05, 0.1) is 6.20 Å². The zero-order valence-electron chi connectivity index (χ0n) is 12.0. The first-order valence-electron chi connectivity index (χ1n) is 7.16. The Labute approximate surface area is 110 Å². The van der Waals surface area contributed by atoms with Crippen LogP contribution in [0.1, 0.15) is 51.3 Å². The van der Waals surface area contributed by atoms with Crippen molar-refractivity contribution < 1.29 is 0 Å². The third-order valence-corrected chi connectivity index (χ3v) is 5.70. The van der Waals surface area contributed by atoms with Crippen LogP contribution in [-0.2, 0) is 6.54 Å². The van der Waals surface area contributed by atoms with Crippen molar-refractivity contribution >= 4 is 0 Å². The van der Waals surface area contributed by atoms with Gasteiger partial charge >= 0.3 is 0 Å². The Bertz CT molecular complexity index is 444. The number of aromatic nitrogens is 2. The van der Waals surface area contributed by atoms with Crippen molar-refractivity contribution in [3.05, 3.63) is 17.5 Å². The lowest BCUT2D eigenvalue weighted by Gasteiger charge is -2.43. The summed E-state index contributed by atoms with van der Waals surface area (Å²) in [7, 11) is 0. The van der Waals surface area contributed by atoms with E-state index >= 15 is 0 Å². The monoisotopic (exact) mass is 247 g/mol. The van der Waals surface area contributed by atoms with Gasteiger partial charge < -0.3 is 5.32 Å². The van der Waals surface area contributed by atoms with Gasteiger partial charge in [-0.1, -0.05) is 20.8 Å². The third kappa shape index (κ3) is 1.63. The smallest absolute Gasteiger partial charge is 0.0535 e. The first kappa shape index (κ1) is 12.2. The van der Waals surface area contributed by atoms with E-state index in [4.69, 9.17) is 0 Å². The highest BCUT2D eigenvalue weighted by Crippen LogP contribution is 2.62. The molecule has 0 aromatic carbocycles. The number of aryl methyl sites for hydroxylation is 1. The number of nitrogens with one attached hydrogen (secondary N) is 2.